The summed E-state index contributed by atoms with van der Waals surface area (Å²) < 4.78 is 5.03. The van der Waals surface area contributed by atoms with Crippen LogP contribution in [0.25, 0.3) is 0 Å². The second kappa shape index (κ2) is 7.32. The summed E-state index contributed by atoms with van der Waals surface area (Å²) in [6, 6.07) is 4.07. The summed E-state index contributed by atoms with van der Waals surface area (Å²) >= 11 is 0. The summed E-state index contributed by atoms with van der Waals surface area (Å²) in [6.45, 7) is 0.755. The van der Waals surface area contributed by atoms with Crippen molar-refractivity contribution in [2.75, 3.05) is 26.0 Å². The molecule has 1 aromatic rings. The summed E-state index contributed by atoms with van der Waals surface area (Å²) in [5.41, 5.74) is 0.354. The van der Waals surface area contributed by atoms with Crippen LogP contribution in [0, 0.1) is 10.1 Å². The van der Waals surface area contributed by atoms with Crippen LogP contribution in [0.3, 0.4) is 0 Å². The van der Waals surface area contributed by atoms with Gasteiger partial charge < -0.3 is 15.4 Å². The average Bonchev–Trinajstić information content (AvgIpc) is 2.39. The van der Waals surface area contributed by atoms with Crippen molar-refractivity contribution >= 4 is 17.3 Å². The topological polar surface area (TPSA) is 93.5 Å². The Morgan fingerprint density at radius 1 is 1.47 bits per heavy atom. The molecule has 0 radical (unpaired) electrons. The van der Waals surface area contributed by atoms with Gasteiger partial charge in [-0.2, -0.15) is 0 Å². The predicted molar refractivity (Wildman–Crippen MR) is 71.4 cm³/mol. The zero-order chi connectivity index (χ0) is 14.3. The van der Waals surface area contributed by atoms with Gasteiger partial charge in [-0.15, -0.1) is 0 Å². The molecular weight excluding hydrogens is 250 g/mol. The number of carbonyl (C=O) groups excluding carboxylic acids is 1. The van der Waals surface area contributed by atoms with Gasteiger partial charge >= 0.3 is 0 Å². The van der Waals surface area contributed by atoms with E-state index in [1.807, 2.05) is 7.05 Å². The van der Waals surface area contributed by atoms with E-state index in [0.29, 0.717) is 12.1 Å². The summed E-state index contributed by atoms with van der Waals surface area (Å²) in [4.78, 5) is 21.8. The van der Waals surface area contributed by atoms with Gasteiger partial charge in [0.05, 0.1) is 23.8 Å². The Balaban J connectivity index is 2.72. The summed E-state index contributed by atoms with van der Waals surface area (Å²) in [5.74, 6) is 0.124. The Morgan fingerprint density at radius 3 is 2.79 bits per heavy atom. The molecule has 0 aliphatic heterocycles. The number of anilines is 1. The maximum atomic E-state index is 11.6. The smallest absolute Gasteiger partial charge is 0.273 e. The van der Waals surface area contributed by atoms with Crippen LogP contribution in [0.2, 0.25) is 0 Å². The van der Waals surface area contributed by atoms with E-state index in [4.69, 9.17) is 4.74 Å². The second-order valence-corrected chi connectivity index (χ2v) is 3.90. The fourth-order valence-corrected chi connectivity index (χ4v) is 1.54. The molecule has 1 amide bonds. The first-order valence-corrected chi connectivity index (χ1v) is 5.85. The molecule has 0 saturated carbocycles. The number of hydrogen-bond acceptors (Lipinski definition) is 5. The van der Waals surface area contributed by atoms with Crippen molar-refractivity contribution in [1.29, 1.82) is 0 Å². The van der Waals surface area contributed by atoms with Crippen LogP contribution in [0.4, 0.5) is 11.4 Å². The maximum Gasteiger partial charge on any atom is 0.273 e. The Kier molecular flexibility index (Phi) is 5.74. The Morgan fingerprint density at radius 2 is 2.21 bits per heavy atom. The van der Waals surface area contributed by atoms with E-state index in [9.17, 15) is 14.9 Å². The fraction of sp³-hybridized carbons (Fsp3) is 0.417. The summed E-state index contributed by atoms with van der Waals surface area (Å²) in [5, 5.41) is 16.3. The molecule has 1 rings (SSSR count). The van der Waals surface area contributed by atoms with Gasteiger partial charge in [0.25, 0.3) is 5.69 Å². The van der Waals surface area contributed by atoms with Gasteiger partial charge in [-0.1, -0.05) is 0 Å². The molecule has 2 N–H and O–H groups in total. The molecule has 7 heteroatoms. The number of ether oxygens (including phenoxy) is 1. The van der Waals surface area contributed by atoms with Crippen molar-refractivity contribution in [2.24, 2.45) is 0 Å². The highest BCUT2D eigenvalue weighted by atomic mass is 16.6. The number of carbonyl (C=O) groups is 1. The molecule has 0 spiro atoms. The molecule has 0 saturated heterocycles. The molecule has 0 unspecified atom stereocenters. The molecule has 19 heavy (non-hydrogen) atoms. The van der Waals surface area contributed by atoms with Crippen LogP contribution >= 0.6 is 0 Å². The van der Waals surface area contributed by atoms with E-state index in [1.54, 1.807) is 0 Å². The Bertz CT molecular complexity index is 462. The second-order valence-electron chi connectivity index (χ2n) is 3.90. The number of methoxy groups -OCH3 is 1. The first-order valence-electron chi connectivity index (χ1n) is 5.85. The maximum absolute atomic E-state index is 11.6. The molecule has 7 nitrogen and oxygen atoms in total. The number of non-ortho nitro benzene ring substituents is 1. The lowest BCUT2D eigenvalue weighted by Gasteiger charge is -2.09. The summed E-state index contributed by atoms with van der Waals surface area (Å²) in [7, 11) is 3.22. The zero-order valence-corrected chi connectivity index (χ0v) is 10.9. The molecule has 104 valence electrons. The highest BCUT2D eigenvalue weighted by Gasteiger charge is 2.13. The predicted octanol–water partition coefficient (Wildman–Crippen LogP) is 1.54. The normalized spacial score (nSPS) is 10.0. The van der Waals surface area contributed by atoms with Crippen molar-refractivity contribution < 1.29 is 14.5 Å². The Labute approximate surface area is 111 Å². The van der Waals surface area contributed by atoms with E-state index in [-0.39, 0.29) is 17.3 Å². The van der Waals surface area contributed by atoms with Gasteiger partial charge in [-0.3, -0.25) is 14.9 Å². The van der Waals surface area contributed by atoms with E-state index >= 15 is 0 Å². The van der Waals surface area contributed by atoms with Gasteiger partial charge in [-0.05, 0) is 26.1 Å². The molecule has 0 aromatic heterocycles. The molecule has 0 aliphatic rings. The third-order valence-electron chi connectivity index (χ3n) is 2.50. The first-order chi connectivity index (χ1) is 9.08. The molecule has 0 bridgehead atoms. The van der Waals surface area contributed by atoms with Crippen LogP contribution in [-0.2, 0) is 4.79 Å². The quantitative estimate of drug-likeness (QED) is 0.444. The molecule has 1 aromatic carbocycles. The Hall–Kier alpha value is -2.15. The molecule has 0 atom stereocenters. The number of rotatable bonds is 7. The number of nitrogens with one attached hydrogen (secondary N) is 2. The standard InChI is InChI=1S/C12H17N3O4/c1-13-7-3-4-12(16)14-10-6-5-9(15(17)18)8-11(10)19-2/h5-6,8,13H,3-4,7H2,1-2H3,(H,14,16). The van der Waals surface area contributed by atoms with Gasteiger partial charge in [-0.25, -0.2) is 0 Å². The van der Waals surface area contributed by atoms with Crippen LogP contribution in [-0.4, -0.2) is 31.5 Å². The van der Waals surface area contributed by atoms with Crippen molar-refractivity contribution in [1.82, 2.24) is 5.32 Å². The molecule has 0 heterocycles. The van der Waals surface area contributed by atoms with E-state index < -0.39 is 4.92 Å². The lowest BCUT2D eigenvalue weighted by atomic mass is 10.2. The minimum Gasteiger partial charge on any atom is -0.494 e. The van der Waals surface area contributed by atoms with Gasteiger partial charge in [0.2, 0.25) is 5.91 Å². The van der Waals surface area contributed by atoms with Crippen LogP contribution in [0.1, 0.15) is 12.8 Å². The van der Waals surface area contributed by atoms with Crippen molar-refractivity contribution in [2.45, 2.75) is 12.8 Å². The number of nitro groups is 1. The van der Waals surface area contributed by atoms with Crippen molar-refractivity contribution in [3.8, 4) is 5.75 Å². The van der Waals surface area contributed by atoms with Gasteiger partial charge in [0, 0.05) is 12.5 Å². The SMILES string of the molecule is CNCCCC(=O)Nc1ccc([N+](=O)[O-])cc1OC. The van der Waals surface area contributed by atoms with E-state index in [2.05, 4.69) is 10.6 Å². The van der Waals surface area contributed by atoms with Crippen LogP contribution in [0.15, 0.2) is 18.2 Å². The number of nitro benzene ring substituents is 1. The molecule has 0 aliphatic carbocycles. The van der Waals surface area contributed by atoms with Crippen LogP contribution in [0.5, 0.6) is 5.75 Å². The lowest BCUT2D eigenvalue weighted by Crippen LogP contribution is -2.15. The third-order valence-corrected chi connectivity index (χ3v) is 2.50. The lowest BCUT2D eigenvalue weighted by molar-refractivity contribution is -0.384. The van der Waals surface area contributed by atoms with Crippen molar-refractivity contribution in [3.63, 3.8) is 0 Å². The number of hydrogen-bond donors (Lipinski definition) is 2. The van der Waals surface area contributed by atoms with Gasteiger partial charge in [0.15, 0.2) is 0 Å². The fourth-order valence-electron chi connectivity index (χ4n) is 1.54. The zero-order valence-electron chi connectivity index (χ0n) is 10.9. The third kappa shape index (κ3) is 4.55. The van der Waals surface area contributed by atoms with Gasteiger partial charge in [0.1, 0.15) is 5.75 Å². The minimum atomic E-state index is -0.513. The van der Waals surface area contributed by atoms with Crippen LogP contribution < -0.4 is 15.4 Å². The monoisotopic (exact) mass is 267 g/mol. The number of nitrogens with zero attached hydrogens (tertiary/aromatic N) is 1. The average molecular weight is 267 g/mol. The number of amides is 1. The van der Waals surface area contributed by atoms with Crippen molar-refractivity contribution in [3.05, 3.63) is 28.3 Å². The van der Waals surface area contributed by atoms with E-state index in [1.165, 1.54) is 25.3 Å². The largest absolute Gasteiger partial charge is 0.494 e. The molecular formula is C12H17N3O4. The first kappa shape index (κ1) is 14.9. The minimum absolute atomic E-state index is 0.0787. The highest BCUT2D eigenvalue weighted by Crippen LogP contribution is 2.29. The summed E-state index contributed by atoms with van der Waals surface area (Å²) in [6.07, 6.45) is 1.10. The highest BCUT2D eigenvalue weighted by molar-refractivity contribution is 5.92. The van der Waals surface area contributed by atoms with E-state index in [0.717, 1.165) is 13.0 Å². The number of benzene rings is 1. The molecule has 0 fully saturated rings.